The Balaban J connectivity index is 1.76. The summed E-state index contributed by atoms with van der Waals surface area (Å²) in [5.74, 6) is -0.463. The van der Waals surface area contributed by atoms with Crippen molar-refractivity contribution in [2.45, 2.75) is 38.6 Å². The molecule has 1 aliphatic heterocycles. The van der Waals surface area contributed by atoms with Gasteiger partial charge < -0.3 is 5.11 Å². The van der Waals surface area contributed by atoms with Gasteiger partial charge in [-0.25, -0.2) is 10.1 Å². The highest BCUT2D eigenvalue weighted by atomic mass is 32.2. The number of hydrogen-bond donors (Lipinski definition) is 3. The van der Waals surface area contributed by atoms with Gasteiger partial charge in [-0.2, -0.15) is 0 Å². The van der Waals surface area contributed by atoms with Crippen molar-refractivity contribution in [1.29, 1.82) is 0 Å². The fourth-order valence-electron chi connectivity index (χ4n) is 2.48. The number of rotatable bonds is 9. The lowest BCUT2D eigenvalue weighted by atomic mass is 10.2. The molecule has 2 rings (SSSR count). The van der Waals surface area contributed by atoms with Gasteiger partial charge in [0.25, 0.3) is 5.91 Å². The molecule has 0 spiro atoms. The number of aromatic hydroxyl groups is 1. The van der Waals surface area contributed by atoms with Crippen LogP contribution < -0.4 is 0 Å². The second-order valence-electron chi connectivity index (χ2n) is 6.02. The maximum atomic E-state index is 12.3. The first-order valence-corrected chi connectivity index (χ1v) is 9.77. The Bertz CT molecular complexity index is 700. The minimum atomic E-state index is -0.716. The zero-order chi connectivity index (χ0) is 19.8. The van der Waals surface area contributed by atoms with E-state index in [-0.39, 0.29) is 31.2 Å². The quantitative estimate of drug-likeness (QED) is 0.329. The topological polar surface area (TPSA) is 127 Å². The van der Waals surface area contributed by atoms with Crippen molar-refractivity contribution in [3.8, 4) is 5.75 Å². The normalized spacial score (nSPS) is 16.1. The summed E-state index contributed by atoms with van der Waals surface area (Å²) in [6.45, 7) is 2.05. The number of hydrogen-bond acceptors (Lipinski definition) is 8. The highest BCUT2D eigenvalue weighted by molar-refractivity contribution is 8.14. The van der Waals surface area contributed by atoms with Crippen LogP contribution in [0, 0.1) is 0 Å². The first-order valence-electron chi connectivity index (χ1n) is 8.78. The molecule has 0 bridgehead atoms. The molecule has 27 heavy (non-hydrogen) atoms. The second-order valence-corrected chi connectivity index (χ2v) is 7.03. The number of nitrogens with zero attached hydrogens (tertiary/aromatic N) is 4. The van der Waals surface area contributed by atoms with Crippen molar-refractivity contribution in [1.82, 2.24) is 15.1 Å². The van der Waals surface area contributed by atoms with Crippen molar-refractivity contribution in [3.05, 3.63) is 24.0 Å². The van der Waals surface area contributed by atoms with E-state index in [1.54, 1.807) is 13.0 Å². The fourth-order valence-corrected chi connectivity index (χ4v) is 3.51. The third kappa shape index (κ3) is 5.91. The van der Waals surface area contributed by atoms with E-state index < -0.39 is 11.9 Å². The monoisotopic (exact) mass is 396 g/mol. The number of carbonyl (C=O) groups excluding carboxylic acids is 2. The second kappa shape index (κ2) is 10.2. The Morgan fingerprint density at radius 3 is 2.59 bits per heavy atom. The third-order valence-electron chi connectivity index (χ3n) is 4.01. The van der Waals surface area contributed by atoms with Crippen LogP contribution in [0.15, 0.2) is 23.3 Å². The fraction of sp³-hybridized carbons (Fsp3) is 0.529. The minimum Gasteiger partial charge on any atom is -0.506 e. The van der Waals surface area contributed by atoms with Gasteiger partial charge in [0.2, 0.25) is 5.91 Å². The molecule has 0 aliphatic carbocycles. The maximum absolute atomic E-state index is 12.3. The number of aliphatic imine (C=N–C) groups is 1. The van der Waals surface area contributed by atoms with Gasteiger partial charge in [0.15, 0.2) is 0 Å². The number of carbonyl (C=O) groups is 2. The summed E-state index contributed by atoms with van der Waals surface area (Å²) in [7, 11) is 0. The van der Waals surface area contributed by atoms with Crippen molar-refractivity contribution < 1.29 is 25.1 Å². The van der Waals surface area contributed by atoms with Crippen LogP contribution in [0.25, 0.3) is 0 Å². The van der Waals surface area contributed by atoms with Gasteiger partial charge in [-0.1, -0.05) is 6.92 Å². The molecule has 0 aromatic carbocycles. The molecule has 1 aliphatic rings. The van der Waals surface area contributed by atoms with Gasteiger partial charge in [0, 0.05) is 31.5 Å². The number of hydroxylamine groups is 4. The van der Waals surface area contributed by atoms with Crippen LogP contribution in [-0.2, 0) is 9.59 Å². The molecule has 0 radical (unpaired) electrons. The predicted octanol–water partition coefficient (Wildman–Crippen LogP) is 1.67. The SMILES string of the molecule is CCC(=O)N(O)CCCCCN(O)C(=O)[C@H]1CSC(c2ncccc2O)=N1. The van der Waals surface area contributed by atoms with Gasteiger partial charge in [0.05, 0.1) is 0 Å². The van der Waals surface area contributed by atoms with Crippen LogP contribution in [0.3, 0.4) is 0 Å². The van der Waals surface area contributed by atoms with Crippen molar-refractivity contribution in [2.75, 3.05) is 18.8 Å². The summed E-state index contributed by atoms with van der Waals surface area (Å²) in [4.78, 5) is 31.8. The molecule has 1 aromatic heterocycles. The molecule has 0 unspecified atom stereocenters. The van der Waals surface area contributed by atoms with E-state index in [0.717, 1.165) is 0 Å². The number of pyridine rings is 1. The average molecular weight is 396 g/mol. The third-order valence-corrected chi connectivity index (χ3v) is 5.06. The van der Waals surface area contributed by atoms with Crippen LogP contribution in [0.2, 0.25) is 0 Å². The lowest BCUT2D eigenvalue weighted by Gasteiger charge is -2.17. The van der Waals surface area contributed by atoms with Crippen LogP contribution in [0.5, 0.6) is 5.75 Å². The molecular weight excluding hydrogens is 372 g/mol. The summed E-state index contributed by atoms with van der Waals surface area (Å²) in [6.07, 6.45) is 3.54. The van der Waals surface area contributed by atoms with Gasteiger partial charge in [-0.15, -0.1) is 11.8 Å². The molecule has 2 amide bonds. The zero-order valence-electron chi connectivity index (χ0n) is 15.1. The Morgan fingerprint density at radius 1 is 1.22 bits per heavy atom. The van der Waals surface area contributed by atoms with Crippen LogP contribution in [0.1, 0.15) is 38.3 Å². The van der Waals surface area contributed by atoms with Crippen molar-refractivity contribution in [2.24, 2.45) is 4.99 Å². The number of aromatic nitrogens is 1. The first-order chi connectivity index (χ1) is 12.9. The van der Waals surface area contributed by atoms with Crippen LogP contribution in [-0.4, -0.2) is 72.4 Å². The molecule has 9 nitrogen and oxygen atoms in total. The molecular formula is C17H24N4O5S. The van der Waals surface area contributed by atoms with Gasteiger partial charge in [-0.3, -0.25) is 30.0 Å². The molecule has 10 heteroatoms. The molecule has 1 atom stereocenters. The average Bonchev–Trinajstić information content (AvgIpc) is 3.16. The minimum absolute atomic E-state index is 0.00261. The Kier molecular flexibility index (Phi) is 8.01. The Morgan fingerprint density at radius 2 is 1.93 bits per heavy atom. The summed E-state index contributed by atoms with van der Waals surface area (Å²) in [5, 5.41) is 31.0. The van der Waals surface area contributed by atoms with E-state index in [1.165, 1.54) is 24.0 Å². The molecule has 1 aromatic rings. The number of amides is 2. The summed E-state index contributed by atoms with van der Waals surface area (Å²) < 4.78 is 0. The largest absolute Gasteiger partial charge is 0.506 e. The molecule has 148 valence electrons. The van der Waals surface area contributed by atoms with Crippen LogP contribution >= 0.6 is 11.8 Å². The van der Waals surface area contributed by atoms with E-state index in [9.17, 15) is 25.1 Å². The maximum Gasteiger partial charge on any atom is 0.271 e. The number of unbranched alkanes of at least 4 members (excludes halogenated alkanes) is 2. The van der Waals surface area contributed by atoms with E-state index in [2.05, 4.69) is 9.98 Å². The van der Waals surface area contributed by atoms with Crippen molar-refractivity contribution >= 4 is 28.6 Å². The van der Waals surface area contributed by atoms with Crippen molar-refractivity contribution in [3.63, 3.8) is 0 Å². The van der Waals surface area contributed by atoms with E-state index in [0.29, 0.717) is 45.9 Å². The van der Waals surface area contributed by atoms with E-state index in [4.69, 9.17) is 0 Å². The standard InChI is InChI=1S/C17H24N4O5S/c1-2-14(23)20(25)9-4-3-5-10-21(26)17(24)12-11-27-16(19-12)15-13(22)7-6-8-18-15/h6-8,12,22,25-26H,2-5,9-11H2,1H3/t12-/m1/s1. The van der Waals surface area contributed by atoms with Gasteiger partial charge in [0.1, 0.15) is 22.5 Å². The summed E-state index contributed by atoms with van der Waals surface area (Å²) in [5.41, 5.74) is 0.331. The molecule has 2 heterocycles. The summed E-state index contributed by atoms with van der Waals surface area (Å²) >= 11 is 1.31. The van der Waals surface area contributed by atoms with Gasteiger partial charge in [-0.05, 0) is 31.4 Å². The van der Waals surface area contributed by atoms with E-state index >= 15 is 0 Å². The molecule has 3 N–H and O–H groups in total. The molecule has 0 saturated heterocycles. The zero-order valence-corrected chi connectivity index (χ0v) is 15.9. The Labute approximate surface area is 161 Å². The first kappa shape index (κ1) is 21.1. The summed E-state index contributed by atoms with van der Waals surface area (Å²) in [6, 6.07) is 2.39. The highest BCUT2D eigenvalue weighted by Gasteiger charge is 2.30. The molecule has 0 fully saturated rings. The molecule has 0 saturated carbocycles. The predicted molar refractivity (Wildman–Crippen MR) is 99.8 cm³/mol. The smallest absolute Gasteiger partial charge is 0.271 e. The highest BCUT2D eigenvalue weighted by Crippen LogP contribution is 2.27. The van der Waals surface area contributed by atoms with Gasteiger partial charge >= 0.3 is 0 Å². The number of thioether (sulfide) groups is 1. The lowest BCUT2D eigenvalue weighted by molar-refractivity contribution is -0.166. The Hall–Kier alpha value is -2.17. The van der Waals surface area contributed by atoms with Crippen LogP contribution in [0.4, 0.5) is 0 Å². The van der Waals surface area contributed by atoms with E-state index in [1.807, 2.05) is 0 Å². The lowest BCUT2D eigenvalue weighted by Crippen LogP contribution is -2.37.